The zero-order valence-electron chi connectivity index (χ0n) is 26.6. The molecule has 10 aromatic carbocycles. The van der Waals surface area contributed by atoms with Crippen molar-refractivity contribution in [2.45, 2.75) is 0 Å². The van der Waals surface area contributed by atoms with Crippen LogP contribution in [0.5, 0.6) is 0 Å². The molecule has 0 saturated heterocycles. The molecular formula is C48H28O. The zero-order valence-corrected chi connectivity index (χ0v) is 26.6. The molecule has 1 nitrogen and oxygen atoms in total. The van der Waals surface area contributed by atoms with Crippen LogP contribution >= 0.6 is 0 Å². The van der Waals surface area contributed by atoms with Crippen molar-refractivity contribution in [3.63, 3.8) is 0 Å². The second-order valence-corrected chi connectivity index (χ2v) is 13.2. The lowest BCUT2D eigenvalue weighted by molar-refractivity contribution is 0.672. The summed E-state index contributed by atoms with van der Waals surface area (Å²) < 4.78 is 6.51. The van der Waals surface area contributed by atoms with E-state index in [0.717, 1.165) is 27.3 Å². The molecule has 11 rings (SSSR count). The molecule has 226 valence electrons. The van der Waals surface area contributed by atoms with Crippen molar-refractivity contribution in [2.75, 3.05) is 0 Å². The van der Waals surface area contributed by atoms with Gasteiger partial charge in [-0.05, 0) is 106 Å². The van der Waals surface area contributed by atoms with E-state index in [2.05, 4.69) is 170 Å². The van der Waals surface area contributed by atoms with E-state index in [1.54, 1.807) is 0 Å². The third kappa shape index (κ3) is 3.76. The molecule has 0 radical (unpaired) electrons. The average Bonchev–Trinajstić information content (AvgIpc) is 3.55. The summed E-state index contributed by atoms with van der Waals surface area (Å²) in [6.07, 6.45) is 0. The first-order valence-electron chi connectivity index (χ1n) is 16.9. The highest BCUT2D eigenvalue weighted by Gasteiger charge is 2.20. The minimum Gasteiger partial charge on any atom is -0.455 e. The van der Waals surface area contributed by atoms with Crippen molar-refractivity contribution in [1.29, 1.82) is 0 Å². The number of furan rings is 1. The van der Waals surface area contributed by atoms with E-state index in [1.807, 2.05) is 0 Å². The first-order valence-corrected chi connectivity index (χ1v) is 16.9. The van der Waals surface area contributed by atoms with E-state index in [1.165, 1.54) is 81.5 Å². The third-order valence-corrected chi connectivity index (χ3v) is 10.6. The normalized spacial score (nSPS) is 12.1. The number of fused-ring (bicyclic) bond motifs is 12. The predicted molar refractivity (Wildman–Crippen MR) is 210 cm³/mol. The Morgan fingerprint density at radius 3 is 1.55 bits per heavy atom. The minimum absolute atomic E-state index is 0.912. The molecule has 1 heterocycles. The fourth-order valence-electron chi connectivity index (χ4n) is 8.47. The summed E-state index contributed by atoms with van der Waals surface area (Å²) in [5.74, 6) is 0. The Morgan fingerprint density at radius 1 is 0.306 bits per heavy atom. The summed E-state index contributed by atoms with van der Waals surface area (Å²) in [6, 6.07) is 62.1. The zero-order chi connectivity index (χ0) is 32.1. The molecule has 0 unspecified atom stereocenters. The number of benzene rings is 10. The van der Waals surface area contributed by atoms with Crippen LogP contribution in [0.2, 0.25) is 0 Å². The van der Waals surface area contributed by atoms with Gasteiger partial charge in [-0.15, -0.1) is 0 Å². The Labute approximate surface area is 282 Å². The van der Waals surface area contributed by atoms with Gasteiger partial charge in [0.15, 0.2) is 0 Å². The first kappa shape index (κ1) is 26.6. The van der Waals surface area contributed by atoms with E-state index < -0.39 is 0 Å². The van der Waals surface area contributed by atoms with Crippen LogP contribution in [0.4, 0.5) is 0 Å². The SMILES string of the molecule is c1ccc2c(c1)ccc1c3cc(-c4c5ccccc5c(-c5cc6ccc7ccccc7c6c6ccccc56)c5ccccc45)ccc3oc21. The van der Waals surface area contributed by atoms with Crippen molar-refractivity contribution < 1.29 is 4.42 Å². The molecule has 49 heavy (non-hydrogen) atoms. The molecule has 0 spiro atoms. The number of hydrogen-bond donors (Lipinski definition) is 0. The van der Waals surface area contributed by atoms with Gasteiger partial charge in [0, 0.05) is 16.2 Å². The van der Waals surface area contributed by atoms with Gasteiger partial charge in [0.1, 0.15) is 11.2 Å². The van der Waals surface area contributed by atoms with Gasteiger partial charge in [0.05, 0.1) is 0 Å². The standard InChI is InChI=1S/C48H28O/c1-3-13-33-29(11-1)21-22-31-28-43(35-15-5-6-16-36(35)45(31)33)47-39-19-9-7-17-37(39)46(38-18-8-10-20-40(38)47)32-24-26-44-42(27-32)41-25-23-30-12-2-4-14-34(30)48(41)49-44/h1-28H. The van der Waals surface area contributed by atoms with E-state index in [0.29, 0.717) is 0 Å². The van der Waals surface area contributed by atoms with Crippen LogP contribution < -0.4 is 0 Å². The molecular weight excluding hydrogens is 593 g/mol. The van der Waals surface area contributed by atoms with Gasteiger partial charge >= 0.3 is 0 Å². The van der Waals surface area contributed by atoms with Crippen molar-refractivity contribution in [3.05, 3.63) is 170 Å². The van der Waals surface area contributed by atoms with E-state index in [9.17, 15) is 0 Å². The van der Waals surface area contributed by atoms with E-state index >= 15 is 0 Å². The maximum absolute atomic E-state index is 6.51. The number of hydrogen-bond acceptors (Lipinski definition) is 1. The lowest BCUT2D eigenvalue weighted by Gasteiger charge is -2.20. The van der Waals surface area contributed by atoms with Gasteiger partial charge in [-0.3, -0.25) is 0 Å². The summed E-state index contributed by atoms with van der Waals surface area (Å²) in [5.41, 5.74) is 6.85. The van der Waals surface area contributed by atoms with Crippen molar-refractivity contribution in [2.24, 2.45) is 0 Å². The van der Waals surface area contributed by atoms with Crippen LogP contribution in [0.15, 0.2) is 174 Å². The Bertz CT molecular complexity index is 3100. The lowest BCUT2D eigenvalue weighted by Crippen LogP contribution is -1.92. The van der Waals surface area contributed by atoms with Gasteiger partial charge in [0.25, 0.3) is 0 Å². The fraction of sp³-hybridized carbons (Fsp3) is 0. The van der Waals surface area contributed by atoms with Crippen LogP contribution in [0.3, 0.4) is 0 Å². The minimum atomic E-state index is 0.912. The molecule has 0 saturated carbocycles. The molecule has 0 atom stereocenters. The Balaban J connectivity index is 1.24. The van der Waals surface area contributed by atoms with Crippen molar-refractivity contribution in [3.8, 4) is 22.3 Å². The van der Waals surface area contributed by atoms with Crippen LogP contribution in [-0.2, 0) is 0 Å². The molecule has 0 aliphatic heterocycles. The van der Waals surface area contributed by atoms with Gasteiger partial charge in [-0.2, -0.15) is 0 Å². The quantitative estimate of drug-likeness (QED) is 0.138. The fourth-order valence-corrected chi connectivity index (χ4v) is 8.47. The maximum Gasteiger partial charge on any atom is 0.143 e. The molecule has 1 aromatic heterocycles. The molecule has 0 fully saturated rings. The van der Waals surface area contributed by atoms with Crippen molar-refractivity contribution in [1.82, 2.24) is 0 Å². The highest BCUT2D eigenvalue weighted by molar-refractivity contribution is 6.29. The second kappa shape index (κ2) is 10.0. The lowest BCUT2D eigenvalue weighted by atomic mass is 9.83. The Kier molecular flexibility index (Phi) is 5.45. The topological polar surface area (TPSA) is 13.1 Å². The first-order chi connectivity index (χ1) is 24.3. The molecule has 0 aliphatic carbocycles. The average molecular weight is 621 g/mol. The van der Waals surface area contributed by atoms with Crippen LogP contribution in [-0.4, -0.2) is 0 Å². The molecule has 0 bridgehead atoms. The third-order valence-electron chi connectivity index (χ3n) is 10.6. The molecule has 11 aromatic rings. The monoisotopic (exact) mass is 620 g/mol. The van der Waals surface area contributed by atoms with Gasteiger partial charge < -0.3 is 4.42 Å². The van der Waals surface area contributed by atoms with E-state index in [-0.39, 0.29) is 0 Å². The molecule has 0 N–H and O–H groups in total. The Hall–Kier alpha value is -6.44. The van der Waals surface area contributed by atoms with Gasteiger partial charge in [0.2, 0.25) is 0 Å². The van der Waals surface area contributed by atoms with Crippen LogP contribution in [0.1, 0.15) is 0 Å². The summed E-state index contributed by atoms with van der Waals surface area (Å²) in [4.78, 5) is 0. The smallest absolute Gasteiger partial charge is 0.143 e. The molecule has 0 aliphatic rings. The maximum atomic E-state index is 6.51. The Morgan fingerprint density at radius 2 is 0.837 bits per heavy atom. The summed E-state index contributed by atoms with van der Waals surface area (Å²) in [5, 5.41) is 17.3. The van der Waals surface area contributed by atoms with Gasteiger partial charge in [-0.25, -0.2) is 0 Å². The summed E-state index contributed by atoms with van der Waals surface area (Å²) in [7, 11) is 0. The number of rotatable bonds is 2. The molecule has 0 amide bonds. The summed E-state index contributed by atoms with van der Waals surface area (Å²) >= 11 is 0. The molecule has 1 heteroatoms. The second-order valence-electron chi connectivity index (χ2n) is 13.2. The highest BCUT2D eigenvalue weighted by atomic mass is 16.3. The van der Waals surface area contributed by atoms with Gasteiger partial charge in [-0.1, -0.05) is 146 Å². The van der Waals surface area contributed by atoms with Crippen LogP contribution in [0.25, 0.3) is 109 Å². The van der Waals surface area contributed by atoms with E-state index in [4.69, 9.17) is 4.42 Å². The highest BCUT2D eigenvalue weighted by Crippen LogP contribution is 2.48. The van der Waals surface area contributed by atoms with Crippen LogP contribution in [0, 0.1) is 0 Å². The summed E-state index contributed by atoms with van der Waals surface area (Å²) in [6.45, 7) is 0. The largest absolute Gasteiger partial charge is 0.455 e. The van der Waals surface area contributed by atoms with Crippen molar-refractivity contribution >= 4 is 86.6 Å². The predicted octanol–water partition coefficient (Wildman–Crippen LogP) is 13.8.